The number of aromatic nitrogens is 4. The van der Waals surface area contributed by atoms with Crippen molar-refractivity contribution < 1.29 is 4.79 Å². The topological polar surface area (TPSA) is 81.8 Å². The molecule has 7 nitrogen and oxygen atoms in total. The summed E-state index contributed by atoms with van der Waals surface area (Å²) in [5.74, 6) is -0.238. The molecule has 1 heterocycles. The summed E-state index contributed by atoms with van der Waals surface area (Å²) in [5.41, 5.74) is 0.188. The van der Waals surface area contributed by atoms with Crippen LogP contribution in [0.15, 0.2) is 35.1 Å². The number of hydrogen-bond donors (Lipinski definition) is 1. The average Bonchev–Trinajstić information content (AvgIpc) is 2.81. The minimum absolute atomic E-state index is 0.0855. The summed E-state index contributed by atoms with van der Waals surface area (Å²) in [6.07, 6.45) is 1.89. The second-order valence-electron chi connectivity index (χ2n) is 4.92. The van der Waals surface area contributed by atoms with E-state index in [0.717, 1.165) is 17.5 Å². The molecule has 7 heteroatoms. The van der Waals surface area contributed by atoms with Gasteiger partial charge in [0.1, 0.15) is 6.54 Å². The van der Waals surface area contributed by atoms with Gasteiger partial charge in [-0.25, -0.2) is 4.79 Å². The Balaban J connectivity index is 2.08. The van der Waals surface area contributed by atoms with Crippen molar-refractivity contribution in [2.75, 3.05) is 0 Å². The van der Waals surface area contributed by atoms with Crippen LogP contribution < -0.4 is 11.0 Å². The fourth-order valence-corrected chi connectivity index (χ4v) is 2.07. The van der Waals surface area contributed by atoms with Crippen molar-refractivity contribution in [3.8, 4) is 5.69 Å². The van der Waals surface area contributed by atoms with E-state index in [1.165, 1.54) is 4.68 Å². The first-order valence-corrected chi connectivity index (χ1v) is 6.99. The van der Waals surface area contributed by atoms with E-state index < -0.39 is 5.69 Å². The number of rotatable bonds is 6. The van der Waals surface area contributed by atoms with Crippen LogP contribution in [0.3, 0.4) is 0 Å². The molecule has 0 aliphatic carbocycles. The first-order chi connectivity index (χ1) is 10.1. The highest BCUT2D eigenvalue weighted by atomic mass is 16.2. The number of nitrogens with one attached hydrogen (secondary N) is 1. The highest BCUT2D eigenvalue weighted by Gasteiger charge is 2.13. The predicted molar refractivity (Wildman–Crippen MR) is 78.1 cm³/mol. The minimum atomic E-state index is -0.431. The van der Waals surface area contributed by atoms with Crippen molar-refractivity contribution in [3.63, 3.8) is 0 Å². The van der Waals surface area contributed by atoms with Crippen LogP contribution in [0, 0.1) is 0 Å². The molecule has 1 atom stereocenters. The van der Waals surface area contributed by atoms with Gasteiger partial charge in [0, 0.05) is 6.04 Å². The second kappa shape index (κ2) is 6.83. The van der Waals surface area contributed by atoms with Gasteiger partial charge in [-0.3, -0.25) is 4.79 Å². The highest BCUT2D eigenvalue weighted by molar-refractivity contribution is 5.75. The number of tetrazole rings is 1. The van der Waals surface area contributed by atoms with E-state index in [4.69, 9.17) is 0 Å². The van der Waals surface area contributed by atoms with E-state index in [9.17, 15) is 9.59 Å². The molecule has 0 saturated carbocycles. The number of carbonyl (C=O) groups is 1. The third kappa shape index (κ3) is 3.77. The Morgan fingerprint density at radius 2 is 2.00 bits per heavy atom. The summed E-state index contributed by atoms with van der Waals surface area (Å²) in [4.78, 5) is 24.0. The van der Waals surface area contributed by atoms with Crippen molar-refractivity contribution in [1.82, 2.24) is 25.1 Å². The molecule has 0 bridgehead atoms. The molecule has 112 valence electrons. The summed E-state index contributed by atoms with van der Waals surface area (Å²) in [6, 6.07) is 9.05. The molecule has 0 spiro atoms. The smallest absolute Gasteiger partial charge is 0.352 e. The van der Waals surface area contributed by atoms with Crippen LogP contribution in [0.4, 0.5) is 0 Å². The molecule has 2 aromatic rings. The molecule has 0 fully saturated rings. The number of hydrogen-bond acceptors (Lipinski definition) is 4. The predicted octanol–water partition coefficient (Wildman–Crippen LogP) is 0.734. The largest absolute Gasteiger partial charge is 0.368 e. The Morgan fingerprint density at radius 3 is 2.67 bits per heavy atom. The third-order valence-electron chi connectivity index (χ3n) is 3.06. The molecular formula is C14H19N5O2. The zero-order valence-corrected chi connectivity index (χ0v) is 12.2. The van der Waals surface area contributed by atoms with Crippen LogP contribution in [-0.2, 0) is 11.3 Å². The van der Waals surface area contributed by atoms with E-state index in [-0.39, 0.29) is 18.5 Å². The molecule has 1 aromatic heterocycles. The highest BCUT2D eigenvalue weighted by Crippen LogP contribution is 2.00. The van der Waals surface area contributed by atoms with Crippen LogP contribution in [0.2, 0.25) is 0 Å². The van der Waals surface area contributed by atoms with Crippen LogP contribution in [0.1, 0.15) is 26.7 Å². The summed E-state index contributed by atoms with van der Waals surface area (Å²) in [6.45, 7) is 3.86. The van der Waals surface area contributed by atoms with Gasteiger partial charge in [0.2, 0.25) is 5.91 Å². The average molecular weight is 289 g/mol. The first-order valence-electron chi connectivity index (χ1n) is 6.99. The Kier molecular flexibility index (Phi) is 4.86. The molecule has 0 radical (unpaired) electrons. The maximum atomic E-state index is 12.1. The lowest BCUT2D eigenvalue weighted by molar-refractivity contribution is -0.122. The van der Waals surface area contributed by atoms with Crippen LogP contribution in [0.5, 0.6) is 0 Å². The number of carbonyl (C=O) groups excluding carboxylic acids is 1. The van der Waals surface area contributed by atoms with Crippen LogP contribution in [-0.4, -0.2) is 31.7 Å². The van der Waals surface area contributed by atoms with Crippen LogP contribution in [0.25, 0.3) is 5.69 Å². The Hall–Kier alpha value is -2.44. The van der Waals surface area contributed by atoms with E-state index in [0.29, 0.717) is 5.69 Å². The normalized spacial score (nSPS) is 12.1. The van der Waals surface area contributed by atoms with Gasteiger partial charge in [-0.2, -0.15) is 9.36 Å². The molecule has 0 aliphatic heterocycles. The molecule has 0 saturated heterocycles. The van der Waals surface area contributed by atoms with Gasteiger partial charge in [0.15, 0.2) is 0 Å². The van der Waals surface area contributed by atoms with Gasteiger partial charge in [0.05, 0.1) is 5.69 Å². The van der Waals surface area contributed by atoms with Crippen molar-refractivity contribution in [2.24, 2.45) is 0 Å². The maximum Gasteiger partial charge on any atom is 0.368 e. The quantitative estimate of drug-likeness (QED) is 0.850. The van der Waals surface area contributed by atoms with Gasteiger partial charge >= 0.3 is 5.69 Å². The van der Waals surface area contributed by atoms with Crippen molar-refractivity contribution >= 4 is 5.91 Å². The third-order valence-corrected chi connectivity index (χ3v) is 3.06. The standard InChI is InChI=1S/C14H19N5O2/c1-3-7-11(2)15-13(20)10-18-14(21)19(17-16-18)12-8-5-4-6-9-12/h4-6,8-9,11H,3,7,10H2,1-2H3,(H,15,20)/t11-/m0/s1. The molecule has 21 heavy (non-hydrogen) atoms. The Labute approximate surface area is 122 Å². The fourth-order valence-electron chi connectivity index (χ4n) is 2.07. The zero-order valence-electron chi connectivity index (χ0n) is 12.2. The Morgan fingerprint density at radius 1 is 1.29 bits per heavy atom. The molecule has 2 rings (SSSR count). The second-order valence-corrected chi connectivity index (χ2v) is 4.92. The van der Waals surface area contributed by atoms with Gasteiger partial charge in [0.25, 0.3) is 0 Å². The fraction of sp³-hybridized carbons (Fsp3) is 0.429. The maximum absolute atomic E-state index is 12.1. The van der Waals surface area contributed by atoms with Crippen LogP contribution >= 0.6 is 0 Å². The number of nitrogens with zero attached hydrogens (tertiary/aromatic N) is 4. The van der Waals surface area contributed by atoms with Gasteiger partial charge in [-0.15, -0.1) is 0 Å². The lowest BCUT2D eigenvalue weighted by Gasteiger charge is -2.11. The Bertz CT molecular complexity index is 647. The molecule has 0 aliphatic rings. The van der Waals surface area contributed by atoms with Crippen molar-refractivity contribution in [2.45, 2.75) is 39.3 Å². The van der Waals surface area contributed by atoms with E-state index in [1.807, 2.05) is 13.0 Å². The minimum Gasteiger partial charge on any atom is -0.352 e. The number of benzene rings is 1. The summed E-state index contributed by atoms with van der Waals surface area (Å²) >= 11 is 0. The summed E-state index contributed by atoms with van der Waals surface area (Å²) in [7, 11) is 0. The monoisotopic (exact) mass is 289 g/mol. The molecular weight excluding hydrogens is 270 g/mol. The number of amides is 1. The van der Waals surface area contributed by atoms with E-state index in [1.54, 1.807) is 24.3 Å². The summed E-state index contributed by atoms with van der Waals surface area (Å²) < 4.78 is 2.23. The first kappa shape index (κ1) is 15.0. The van der Waals surface area contributed by atoms with Gasteiger partial charge in [-0.1, -0.05) is 31.5 Å². The van der Waals surface area contributed by atoms with Crippen molar-refractivity contribution in [1.29, 1.82) is 0 Å². The van der Waals surface area contributed by atoms with Crippen molar-refractivity contribution in [3.05, 3.63) is 40.8 Å². The zero-order chi connectivity index (χ0) is 15.2. The lowest BCUT2D eigenvalue weighted by atomic mass is 10.2. The molecule has 1 aromatic carbocycles. The summed E-state index contributed by atoms with van der Waals surface area (Å²) in [5, 5.41) is 10.4. The molecule has 1 N–H and O–H groups in total. The van der Waals surface area contributed by atoms with E-state index in [2.05, 4.69) is 22.7 Å². The van der Waals surface area contributed by atoms with E-state index >= 15 is 0 Å². The lowest BCUT2D eigenvalue weighted by Crippen LogP contribution is -2.37. The molecule has 1 amide bonds. The van der Waals surface area contributed by atoms with Gasteiger partial charge in [-0.05, 0) is 35.9 Å². The van der Waals surface area contributed by atoms with Gasteiger partial charge < -0.3 is 5.32 Å². The SMILES string of the molecule is CCC[C@H](C)NC(=O)Cn1nnn(-c2ccccc2)c1=O. The molecule has 0 unspecified atom stereocenters. The number of para-hydroxylation sites is 1.